The van der Waals surface area contributed by atoms with E-state index in [1.165, 1.54) is 23.1 Å². The molecule has 1 unspecified atom stereocenters. The lowest BCUT2D eigenvalue weighted by molar-refractivity contribution is -0.119. The average molecular weight is 302 g/mol. The van der Waals surface area contributed by atoms with Gasteiger partial charge in [0, 0.05) is 6.54 Å². The zero-order valence-corrected chi connectivity index (χ0v) is 13.0. The number of hydrogen-bond donors (Lipinski definition) is 2. The number of carbonyl (C=O) groups is 2. The van der Waals surface area contributed by atoms with Crippen molar-refractivity contribution < 1.29 is 9.59 Å². The Hall–Kier alpha value is -1.15. The molecule has 0 spiro atoms. The molecule has 0 bridgehead atoms. The Labute approximate surface area is 120 Å². The lowest BCUT2D eigenvalue weighted by Gasteiger charge is -2.11. The molecule has 3 amide bonds. The van der Waals surface area contributed by atoms with E-state index in [2.05, 4.69) is 20.8 Å². The first-order chi connectivity index (χ1) is 8.88. The summed E-state index contributed by atoms with van der Waals surface area (Å²) in [6.45, 7) is 8.09. The van der Waals surface area contributed by atoms with Gasteiger partial charge in [-0.05, 0) is 19.8 Å². The summed E-state index contributed by atoms with van der Waals surface area (Å²) in [5.41, 5.74) is 0. The van der Waals surface area contributed by atoms with E-state index >= 15 is 0 Å². The number of carbonyl (C=O) groups excluding carboxylic acids is 2. The zero-order chi connectivity index (χ0) is 14.4. The van der Waals surface area contributed by atoms with Gasteiger partial charge in [-0.2, -0.15) is 0 Å². The molecule has 1 rings (SSSR count). The predicted octanol–water partition coefficient (Wildman–Crippen LogP) is 1.81. The van der Waals surface area contributed by atoms with Crippen LogP contribution in [0.25, 0.3) is 0 Å². The van der Waals surface area contributed by atoms with Gasteiger partial charge in [-0.25, -0.2) is 4.79 Å². The molecule has 1 aromatic rings. The largest absolute Gasteiger partial charge is 0.338 e. The van der Waals surface area contributed by atoms with E-state index in [1.807, 2.05) is 20.8 Å². The van der Waals surface area contributed by atoms with Crippen LogP contribution in [0.4, 0.5) is 4.79 Å². The maximum absolute atomic E-state index is 11.8. The van der Waals surface area contributed by atoms with E-state index in [4.69, 9.17) is 0 Å². The second-order valence-corrected chi connectivity index (χ2v) is 7.21. The molecule has 0 fully saturated rings. The predicted molar refractivity (Wildman–Crippen MR) is 76.3 cm³/mol. The average Bonchev–Trinajstić information content (AvgIpc) is 2.72. The van der Waals surface area contributed by atoms with Gasteiger partial charge in [0.1, 0.15) is 5.01 Å². The summed E-state index contributed by atoms with van der Waals surface area (Å²) >= 11 is 2.72. The lowest BCUT2D eigenvalue weighted by atomic mass is 10.2. The number of amides is 3. The third kappa shape index (κ3) is 6.02. The van der Waals surface area contributed by atoms with Crippen LogP contribution in [0, 0.1) is 12.8 Å². The minimum absolute atomic E-state index is 0.334. The molecule has 0 aromatic carbocycles. The van der Waals surface area contributed by atoms with Crippen molar-refractivity contribution in [3.63, 3.8) is 0 Å². The summed E-state index contributed by atoms with van der Waals surface area (Å²) in [6.07, 6.45) is 0. The molecule has 0 aliphatic rings. The van der Waals surface area contributed by atoms with Crippen molar-refractivity contribution in [2.24, 2.45) is 5.92 Å². The van der Waals surface area contributed by atoms with Crippen LogP contribution in [0.5, 0.6) is 0 Å². The van der Waals surface area contributed by atoms with Crippen LogP contribution in [-0.4, -0.2) is 33.9 Å². The summed E-state index contributed by atoms with van der Waals surface area (Å²) in [5.74, 6) is 0.0103. The Kier molecular flexibility index (Phi) is 6.23. The van der Waals surface area contributed by atoms with Crippen LogP contribution < -0.4 is 10.6 Å². The number of aryl methyl sites for hydroxylation is 1. The molecule has 19 heavy (non-hydrogen) atoms. The van der Waals surface area contributed by atoms with Gasteiger partial charge in [0.25, 0.3) is 0 Å². The van der Waals surface area contributed by atoms with Crippen molar-refractivity contribution in [2.75, 3.05) is 6.54 Å². The molecule has 6 nitrogen and oxygen atoms in total. The minimum atomic E-state index is -0.459. The third-order valence-corrected chi connectivity index (χ3v) is 4.08. The number of nitrogens with zero attached hydrogens (tertiary/aromatic N) is 2. The molecule has 0 aliphatic carbocycles. The monoisotopic (exact) mass is 302 g/mol. The molecule has 0 saturated carbocycles. The van der Waals surface area contributed by atoms with Crippen LogP contribution in [-0.2, 0) is 4.79 Å². The van der Waals surface area contributed by atoms with Gasteiger partial charge in [-0.3, -0.25) is 10.1 Å². The van der Waals surface area contributed by atoms with Crippen LogP contribution >= 0.6 is 23.1 Å². The van der Waals surface area contributed by atoms with Crippen LogP contribution in [0.15, 0.2) is 4.34 Å². The van der Waals surface area contributed by atoms with E-state index in [9.17, 15) is 9.59 Å². The fourth-order valence-corrected chi connectivity index (χ4v) is 3.04. The second-order valence-electron chi connectivity index (χ2n) is 4.44. The smallest absolute Gasteiger partial charge is 0.321 e. The maximum Gasteiger partial charge on any atom is 0.321 e. The minimum Gasteiger partial charge on any atom is -0.338 e. The quantitative estimate of drug-likeness (QED) is 0.810. The Morgan fingerprint density at radius 2 is 2.00 bits per heavy atom. The van der Waals surface area contributed by atoms with Crippen LogP contribution in [0.3, 0.4) is 0 Å². The van der Waals surface area contributed by atoms with E-state index in [-0.39, 0.29) is 5.91 Å². The SMILES string of the molecule is Cc1nnc(SC(C)C(=O)NC(=O)NCC(C)C)s1. The van der Waals surface area contributed by atoms with Crippen molar-refractivity contribution in [3.8, 4) is 0 Å². The van der Waals surface area contributed by atoms with Gasteiger partial charge in [0.2, 0.25) is 5.91 Å². The molecule has 1 aromatic heterocycles. The molecule has 1 heterocycles. The van der Waals surface area contributed by atoms with Gasteiger partial charge in [-0.1, -0.05) is 36.9 Å². The molecule has 106 valence electrons. The summed E-state index contributed by atoms with van der Waals surface area (Å²) in [6, 6.07) is -0.459. The highest BCUT2D eigenvalue weighted by Gasteiger charge is 2.18. The summed E-state index contributed by atoms with van der Waals surface area (Å²) in [4.78, 5) is 23.2. The van der Waals surface area contributed by atoms with Crippen LogP contribution in [0.2, 0.25) is 0 Å². The molecule has 0 radical (unpaired) electrons. The Balaban J connectivity index is 2.38. The number of hydrogen-bond acceptors (Lipinski definition) is 6. The number of nitrogens with one attached hydrogen (secondary N) is 2. The highest BCUT2D eigenvalue weighted by molar-refractivity contribution is 8.02. The second kappa shape index (κ2) is 7.44. The van der Waals surface area contributed by atoms with Crippen molar-refractivity contribution in [2.45, 2.75) is 37.3 Å². The van der Waals surface area contributed by atoms with Crippen molar-refractivity contribution in [3.05, 3.63) is 5.01 Å². The number of aromatic nitrogens is 2. The molecular formula is C11H18N4O2S2. The van der Waals surface area contributed by atoms with E-state index < -0.39 is 11.3 Å². The molecule has 0 saturated heterocycles. The first-order valence-corrected chi connectivity index (χ1v) is 7.63. The number of urea groups is 1. The number of imide groups is 1. The third-order valence-electron chi connectivity index (χ3n) is 2.06. The normalized spacial score (nSPS) is 12.3. The van der Waals surface area contributed by atoms with Gasteiger partial charge < -0.3 is 5.32 Å². The fourth-order valence-electron chi connectivity index (χ4n) is 1.09. The first kappa shape index (κ1) is 15.9. The topological polar surface area (TPSA) is 84.0 Å². The van der Waals surface area contributed by atoms with Gasteiger partial charge in [0.05, 0.1) is 5.25 Å². The summed E-state index contributed by atoms with van der Waals surface area (Å²) < 4.78 is 0.725. The highest BCUT2D eigenvalue weighted by Crippen LogP contribution is 2.25. The molecule has 8 heteroatoms. The first-order valence-electron chi connectivity index (χ1n) is 5.94. The number of rotatable bonds is 5. The lowest BCUT2D eigenvalue weighted by Crippen LogP contribution is -2.43. The molecule has 1 atom stereocenters. The van der Waals surface area contributed by atoms with Crippen molar-refractivity contribution in [1.82, 2.24) is 20.8 Å². The zero-order valence-electron chi connectivity index (χ0n) is 11.4. The summed E-state index contributed by atoms with van der Waals surface area (Å²) in [7, 11) is 0. The Bertz CT molecular complexity index is 448. The van der Waals surface area contributed by atoms with E-state index in [1.54, 1.807) is 6.92 Å². The highest BCUT2D eigenvalue weighted by atomic mass is 32.2. The summed E-state index contributed by atoms with van der Waals surface area (Å²) in [5, 5.41) is 13.2. The standard InChI is InChI=1S/C11H18N4O2S2/c1-6(2)5-12-10(17)13-9(16)7(3)18-11-15-14-8(4)19-11/h6-7H,5H2,1-4H3,(H2,12,13,16,17). The maximum atomic E-state index is 11.8. The van der Waals surface area contributed by atoms with E-state index in [0.29, 0.717) is 12.5 Å². The van der Waals surface area contributed by atoms with Crippen LogP contribution in [0.1, 0.15) is 25.8 Å². The van der Waals surface area contributed by atoms with Gasteiger partial charge >= 0.3 is 6.03 Å². The Morgan fingerprint density at radius 1 is 1.32 bits per heavy atom. The van der Waals surface area contributed by atoms with E-state index in [0.717, 1.165) is 9.35 Å². The number of thioether (sulfide) groups is 1. The van der Waals surface area contributed by atoms with Crippen molar-refractivity contribution in [1.29, 1.82) is 0 Å². The Morgan fingerprint density at radius 3 is 2.53 bits per heavy atom. The fraction of sp³-hybridized carbons (Fsp3) is 0.636. The molecule has 0 aliphatic heterocycles. The van der Waals surface area contributed by atoms with Gasteiger partial charge in [0.15, 0.2) is 4.34 Å². The molecule has 2 N–H and O–H groups in total. The van der Waals surface area contributed by atoms with Gasteiger partial charge in [-0.15, -0.1) is 10.2 Å². The van der Waals surface area contributed by atoms with Crippen molar-refractivity contribution >= 4 is 35.0 Å². The molecular weight excluding hydrogens is 284 g/mol.